The molecule has 0 spiro atoms. The number of aromatic nitrogens is 1. The molecule has 0 aliphatic heterocycles. The average Bonchev–Trinajstić information content (AvgIpc) is 3.15. The Kier molecular flexibility index (Phi) is 5.46. The van der Waals surface area contributed by atoms with Crippen LogP contribution >= 0.6 is 0 Å². The number of benzene rings is 4. The van der Waals surface area contributed by atoms with Crippen LogP contribution in [0.3, 0.4) is 0 Å². The van der Waals surface area contributed by atoms with E-state index in [0.29, 0.717) is 0 Å². The first-order valence-electron chi connectivity index (χ1n) is 10.7. The van der Waals surface area contributed by atoms with Crippen molar-refractivity contribution in [1.29, 1.82) is 0 Å². The molecule has 0 saturated heterocycles. The van der Waals surface area contributed by atoms with E-state index in [1.54, 1.807) is 0 Å². The highest BCUT2D eigenvalue weighted by molar-refractivity contribution is 6.13. The largest absolute Gasteiger partial charge is 0.343 e. The molecule has 0 aliphatic carbocycles. The van der Waals surface area contributed by atoms with Gasteiger partial charge in [-0.25, -0.2) is 0 Å². The molecule has 154 valence electrons. The molecular formula is C29H23N3. The van der Waals surface area contributed by atoms with Crippen molar-refractivity contribution in [2.24, 2.45) is 17.3 Å². The van der Waals surface area contributed by atoms with Gasteiger partial charge in [-0.1, -0.05) is 109 Å². The standard InChI is InChI=1S/C29H23N3/c1-32-27-20-12-11-19-25(27)26(29(32)24-17-9-4-10-18-24)21-30-31-28(22-13-5-2-6-14-22)23-15-7-3-8-16-23/h2-21H,1H3. The van der Waals surface area contributed by atoms with Crippen LogP contribution in [-0.4, -0.2) is 16.5 Å². The van der Waals surface area contributed by atoms with Crippen LogP contribution in [-0.2, 0) is 7.05 Å². The van der Waals surface area contributed by atoms with Crippen LogP contribution in [0.1, 0.15) is 16.7 Å². The molecular weight excluding hydrogens is 390 g/mol. The predicted molar refractivity (Wildman–Crippen MR) is 134 cm³/mol. The minimum Gasteiger partial charge on any atom is -0.343 e. The normalized spacial score (nSPS) is 11.2. The van der Waals surface area contributed by atoms with Gasteiger partial charge >= 0.3 is 0 Å². The van der Waals surface area contributed by atoms with Crippen LogP contribution in [0.4, 0.5) is 0 Å². The van der Waals surface area contributed by atoms with E-state index in [-0.39, 0.29) is 0 Å². The summed E-state index contributed by atoms with van der Waals surface area (Å²) < 4.78 is 2.23. The average molecular weight is 414 g/mol. The highest BCUT2D eigenvalue weighted by Gasteiger charge is 2.15. The monoisotopic (exact) mass is 413 g/mol. The third-order valence-corrected chi connectivity index (χ3v) is 5.63. The maximum absolute atomic E-state index is 4.69. The molecule has 1 heterocycles. The Labute approximate surface area is 188 Å². The van der Waals surface area contributed by atoms with Gasteiger partial charge in [0.15, 0.2) is 0 Å². The van der Waals surface area contributed by atoms with Gasteiger partial charge in [0.1, 0.15) is 5.71 Å². The first kappa shape index (κ1) is 19.7. The number of hydrogen-bond acceptors (Lipinski definition) is 2. The molecule has 0 fully saturated rings. The van der Waals surface area contributed by atoms with Crippen molar-refractivity contribution in [3.05, 3.63) is 132 Å². The molecule has 1 aromatic heterocycles. The highest BCUT2D eigenvalue weighted by Crippen LogP contribution is 2.31. The van der Waals surface area contributed by atoms with E-state index in [4.69, 9.17) is 0 Å². The smallest absolute Gasteiger partial charge is 0.100 e. The molecule has 3 nitrogen and oxygen atoms in total. The zero-order valence-corrected chi connectivity index (χ0v) is 17.9. The molecule has 0 N–H and O–H groups in total. The van der Waals surface area contributed by atoms with Crippen LogP contribution in [0.2, 0.25) is 0 Å². The van der Waals surface area contributed by atoms with E-state index in [9.17, 15) is 0 Å². The summed E-state index contributed by atoms with van der Waals surface area (Å²) in [6.45, 7) is 0. The molecule has 3 heteroatoms. The van der Waals surface area contributed by atoms with Crippen molar-refractivity contribution in [3.8, 4) is 11.3 Å². The highest BCUT2D eigenvalue weighted by atomic mass is 15.2. The molecule has 4 aromatic carbocycles. The van der Waals surface area contributed by atoms with Crippen LogP contribution in [0.5, 0.6) is 0 Å². The lowest BCUT2D eigenvalue weighted by Gasteiger charge is -2.06. The lowest BCUT2D eigenvalue weighted by Crippen LogP contribution is -2.02. The van der Waals surface area contributed by atoms with E-state index in [1.807, 2.05) is 48.7 Å². The van der Waals surface area contributed by atoms with E-state index in [0.717, 1.165) is 39.0 Å². The first-order chi connectivity index (χ1) is 15.8. The number of nitrogens with zero attached hydrogens (tertiary/aromatic N) is 3. The van der Waals surface area contributed by atoms with Gasteiger partial charge in [0, 0.05) is 34.6 Å². The van der Waals surface area contributed by atoms with Gasteiger partial charge in [-0.05, 0) is 11.6 Å². The summed E-state index contributed by atoms with van der Waals surface area (Å²) >= 11 is 0. The Hall–Kier alpha value is -4.24. The minimum atomic E-state index is 0.851. The molecule has 5 rings (SSSR count). The van der Waals surface area contributed by atoms with Gasteiger partial charge < -0.3 is 4.57 Å². The third kappa shape index (κ3) is 3.77. The second kappa shape index (κ2) is 8.86. The van der Waals surface area contributed by atoms with Crippen molar-refractivity contribution in [1.82, 2.24) is 4.57 Å². The third-order valence-electron chi connectivity index (χ3n) is 5.63. The molecule has 0 aliphatic rings. The Morgan fingerprint density at radius 3 is 1.81 bits per heavy atom. The van der Waals surface area contributed by atoms with Crippen molar-refractivity contribution >= 4 is 22.8 Å². The van der Waals surface area contributed by atoms with E-state index in [2.05, 4.69) is 94.6 Å². The van der Waals surface area contributed by atoms with Crippen LogP contribution in [0.15, 0.2) is 125 Å². The SMILES string of the molecule is Cn1c(-c2ccccc2)c(C=NN=C(c2ccccc2)c2ccccc2)c2ccccc21. The summed E-state index contributed by atoms with van der Waals surface area (Å²) in [7, 11) is 2.10. The summed E-state index contributed by atoms with van der Waals surface area (Å²) in [5.41, 5.74) is 7.45. The number of fused-ring (bicyclic) bond motifs is 1. The lowest BCUT2D eigenvalue weighted by atomic mass is 10.0. The minimum absolute atomic E-state index is 0.851. The molecule has 0 radical (unpaired) electrons. The van der Waals surface area contributed by atoms with Gasteiger partial charge in [-0.3, -0.25) is 0 Å². The van der Waals surface area contributed by atoms with Gasteiger partial charge in [0.2, 0.25) is 0 Å². The van der Waals surface area contributed by atoms with E-state index >= 15 is 0 Å². The summed E-state index contributed by atoms with van der Waals surface area (Å²) in [6.07, 6.45) is 1.89. The van der Waals surface area contributed by atoms with E-state index < -0.39 is 0 Å². The molecule has 0 unspecified atom stereocenters. The molecule has 0 bridgehead atoms. The van der Waals surface area contributed by atoms with Crippen molar-refractivity contribution in [2.75, 3.05) is 0 Å². The summed E-state index contributed by atoms with van der Waals surface area (Å²) in [5.74, 6) is 0. The summed E-state index contributed by atoms with van der Waals surface area (Å²) in [6, 6.07) is 39.2. The number of aryl methyl sites for hydroxylation is 1. The predicted octanol–water partition coefficient (Wildman–Crippen LogP) is 6.72. The Morgan fingerprint density at radius 2 is 1.19 bits per heavy atom. The second-order valence-electron chi connectivity index (χ2n) is 7.63. The summed E-state index contributed by atoms with van der Waals surface area (Å²) in [4.78, 5) is 0. The van der Waals surface area contributed by atoms with E-state index in [1.165, 1.54) is 5.52 Å². The van der Waals surface area contributed by atoms with Crippen LogP contribution in [0, 0.1) is 0 Å². The zero-order valence-electron chi connectivity index (χ0n) is 17.9. The summed E-state index contributed by atoms with van der Waals surface area (Å²) in [5, 5.41) is 10.4. The zero-order chi connectivity index (χ0) is 21.8. The maximum Gasteiger partial charge on any atom is 0.100 e. The topological polar surface area (TPSA) is 29.6 Å². The van der Waals surface area contributed by atoms with Gasteiger partial charge in [0.05, 0.1) is 11.9 Å². The van der Waals surface area contributed by atoms with Gasteiger partial charge in [-0.15, -0.1) is 5.10 Å². The number of hydrogen-bond donors (Lipinski definition) is 0. The Bertz CT molecular complexity index is 1360. The fraction of sp³-hybridized carbons (Fsp3) is 0.0345. The van der Waals surface area contributed by atoms with Crippen molar-refractivity contribution in [3.63, 3.8) is 0 Å². The van der Waals surface area contributed by atoms with Crippen molar-refractivity contribution in [2.45, 2.75) is 0 Å². The lowest BCUT2D eigenvalue weighted by molar-refractivity contribution is 0.977. The maximum atomic E-state index is 4.69. The molecule has 0 amide bonds. The molecule has 0 atom stereocenters. The van der Waals surface area contributed by atoms with Crippen LogP contribution < -0.4 is 0 Å². The van der Waals surface area contributed by atoms with Gasteiger partial charge in [-0.2, -0.15) is 5.10 Å². The Morgan fingerprint density at radius 1 is 0.656 bits per heavy atom. The second-order valence-corrected chi connectivity index (χ2v) is 7.63. The Balaban J connectivity index is 1.65. The number of para-hydroxylation sites is 1. The fourth-order valence-electron chi connectivity index (χ4n) is 4.12. The molecule has 32 heavy (non-hydrogen) atoms. The van der Waals surface area contributed by atoms with Gasteiger partial charge in [0.25, 0.3) is 0 Å². The molecule has 5 aromatic rings. The first-order valence-corrected chi connectivity index (χ1v) is 10.7. The van der Waals surface area contributed by atoms with Crippen LogP contribution in [0.25, 0.3) is 22.2 Å². The quantitative estimate of drug-likeness (QED) is 0.226. The molecule has 0 saturated carbocycles. The number of rotatable bonds is 5. The van der Waals surface area contributed by atoms with Crippen molar-refractivity contribution < 1.29 is 0 Å². The fourth-order valence-corrected chi connectivity index (χ4v) is 4.12.